The number of para-hydroxylation sites is 1. The number of nitrogens with zero attached hydrogens (tertiary/aromatic N) is 5. The SMILES string of the molecule is Cc1cccc(OCC(=O)N=Nc2c(O)n(CN3C[C@@H]4C[C@@H](C3)c3cccc(=O)n3C4)c3ccccc23)c1C. The minimum absolute atomic E-state index is 0.0319. The second-order valence-corrected chi connectivity index (χ2v) is 10.6. The summed E-state index contributed by atoms with van der Waals surface area (Å²) in [4.78, 5) is 27.2. The van der Waals surface area contributed by atoms with Crippen molar-refractivity contribution in [1.82, 2.24) is 14.0 Å². The molecule has 9 nitrogen and oxygen atoms in total. The maximum Gasteiger partial charge on any atom is 0.302 e. The lowest BCUT2D eigenvalue weighted by Crippen LogP contribution is -2.47. The molecule has 0 radical (unpaired) electrons. The van der Waals surface area contributed by atoms with Crippen LogP contribution < -0.4 is 10.3 Å². The molecule has 9 heteroatoms. The van der Waals surface area contributed by atoms with E-state index in [1.807, 2.05) is 77.6 Å². The van der Waals surface area contributed by atoms with Crippen LogP contribution in [0.5, 0.6) is 11.6 Å². The van der Waals surface area contributed by atoms with Gasteiger partial charge in [-0.05, 0) is 55.5 Å². The zero-order chi connectivity index (χ0) is 27.1. The van der Waals surface area contributed by atoms with Crippen molar-refractivity contribution in [2.45, 2.75) is 39.4 Å². The monoisotopic (exact) mass is 525 g/mol. The number of carbonyl (C=O) groups excluding carboxylic acids is 1. The third kappa shape index (κ3) is 4.74. The van der Waals surface area contributed by atoms with E-state index < -0.39 is 5.91 Å². The molecule has 6 rings (SSSR count). The van der Waals surface area contributed by atoms with Gasteiger partial charge in [-0.3, -0.25) is 19.1 Å². The van der Waals surface area contributed by atoms with Gasteiger partial charge in [0.1, 0.15) is 5.75 Å². The molecule has 2 aromatic heterocycles. The molecule has 1 fully saturated rings. The fourth-order valence-corrected chi connectivity index (χ4v) is 5.98. The summed E-state index contributed by atoms with van der Waals surface area (Å²) in [6, 6.07) is 18.8. The summed E-state index contributed by atoms with van der Waals surface area (Å²) in [5, 5.41) is 20.0. The van der Waals surface area contributed by atoms with Crippen LogP contribution in [0.25, 0.3) is 10.9 Å². The van der Waals surface area contributed by atoms with E-state index in [1.165, 1.54) is 0 Å². The van der Waals surface area contributed by atoms with Crippen molar-refractivity contribution in [3.8, 4) is 11.6 Å². The fraction of sp³-hybridized carbons (Fsp3) is 0.333. The average molecular weight is 526 g/mol. The predicted molar refractivity (Wildman–Crippen MR) is 148 cm³/mol. The highest BCUT2D eigenvalue weighted by Gasteiger charge is 2.35. The Bertz CT molecular complexity index is 1650. The highest BCUT2D eigenvalue weighted by atomic mass is 16.5. The van der Waals surface area contributed by atoms with Crippen molar-refractivity contribution >= 4 is 22.5 Å². The summed E-state index contributed by atoms with van der Waals surface area (Å²) >= 11 is 0. The van der Waals surface area contributed by atoms with Gasteiger partial charge in [-0.1, -0.05) is 36.4 Å². The Balaban J connectivity index is 1.21. The van der Waals surface area contributed by atoms with Gasteiger partial charge in [-0.25, -0.2) is 0 Å². The molecule has 2 aliphatic heterocycles. The molecule has 1 N–H and O–H groups in total. The number of aromatic hydroxyl groups is 1. The van der Waals surface area contributed by atoms with Crippen LogP contribution in [0.1, 0.15) is 29.2 Å². The van der Waals surface area contributed by atoms with Gasteiger partial charge >= 0.3 is 5.91 Å². The molecule has 200 valence electrons. The largest absolute Gasteiger partial charge is 0.493 e. The molecule has 4 heterocycles. The van der Waals surface area contributed by atoms with Crippen LogP contribution in [-0.4, -0.2) is 44.7 Å². The molecule has 1 amide bonds. The lowest BCUT2D eigenvalue weighted by atomic mass is 9.83. The number of aryl methyl sites for hydroxylation is 1. The molecule has 2 aromatic carbocycles. The molecule has 2 atom stereocenters. The fourth-order valence-electron chi connectivity index (χ4n) is 5.98. The molecular weight excluding hydrogens is 494 g/mol. The molecule has 0 saturated carbocycles. The highest BCUT2D eigenvalue weighted by molar-refractivity contribution is 5.95. The van der Waals surface area contributed by atoms with Crippen LogP contribution in [0.2, 0.25) is 0 Å². The van der Waals surface area contributed by atoms with Crippen molar-refractivity contribution in [2.24, 2.45) is 16.1 Å². The first kappa shape index (κ1) is 25.1. The molecular formula is C30H31N5O4. The maximum absolute atomic E-state index is 12.5. The molecule has 1 saturated heterocycles. The zero-order valence-electron chi connectivity index (χ0n) is 22.1. The molecule has 0 spiro atoms. The van der Waals surface area contributed by atoms with Crippen molar-refractivity contribution in [1.29, 1.82) is 0 Å². The van der Waals surface area contributed by atoms with Crippen molar-refractivity contribution in [3.05, 3.63) is 87.8 Å². The number of piperidine rings is 1. The van der Waals surface area contributed by atoms with Crippen LogP contribution in [0, 0.1) is 19.8 Å². The van der Waals surface area contributed by atoms with E-state index in [2.05, 4.69) is 15.1 Å². The summed E-state index contributed by atoms with van der Waals surface area (Å²) in [5.41, 5.74) is 4.28. The van der Waals surface area contributed by atoms with E-state index in [4.69, 9.17) is 4.74 Å². The summed E-state index contributed by atoms with van der Waals surface area (Å²) < 4.78 is 9.40. The number of azo groups is 1. The number of hydrogen-bond donors (Lipinski definition) is 1. The maximum atomic E-state index is 12.5. The number of amides is 1. The number of rotatable bonds is 6. The lowest BCUT2D eigenvalue weighted by Gasteiger charge is -2.42. The number of likely N-dealkylation sites (tertiary alicyclic amines) is 1. The van der Waals surface area contributed by atoms with Crippen LogP contribution in [0.3, 0.4) is 0 Å². The standard InChI is InChI=1S/C30H31N5O4/c1-19-7-5-11-26(20(19)2)39-17-27(36)31-32-29-23-8-3-4-9-25(23)35(30(29)38)18-33-14-21-13-22(16-33)24-10-6-12-28(37)34(24)15-21/h3-12,21-22,38H,13-18H2,1-2H3/t21-,22-/m0/s1. The molecule has 2 aliphatic rings. The van der Waals surface area contributed by atoms with Gasteiger partial charge < -0.3 is 14.4 Å². The van der Waals surface area contributed by atoms with Gasteiger partial charge in [-0.2, -0.15) is 0 Å². The lowest BCUT2D eigenvalue weighted by molar-refractivity contribution is -0.120. The normalized spacial score (nSPS) is 18.9. The molecule has 39 heavy (non-hydrogen) atoms. The average Bonchev–Trinajstić information content (AvgIpc) is 3.19. The first-order valence-electron chi connectivity index (χ1n) is 13.2. The van der Waals surface area contributed by atoms with Gasteiger partial charge in [-0.15, -0.1) is 10.2 Å². The van der Waals surface area contributed by atoms with E-state index in [1.54, 1.807) is 6.07 Å². The number of pyridine rings is 1. The third-order valence-electron chi connectivity index (χ3n) is 7.98. The number of carbonyl (C=O) groups is 1. The van der Waals surface area contributed by atoms with E-state index in [9.17, 15) is 14.7 Å². The summed E-state index contributed by atoms with van der Waals surface area (Å²) in [7, 11) is 0. The third-order valence-corrected chi connectivity index (χ3v) is 7.98. The van der Waals surface area contributed by atoms with Crippen LogP contribution in [-0.2, 0) is 18.0 Å². The van der Waals surface area contributed by atoms with Crippen LogP contribution >= 0.6 is 0 Å². The van der Waals surface area contributed by atoms with Crippen LogP contribution in [0.4, 0.5) is 5.69 Å². The quantitative estimate of drug-likeness (QED) is 0.361. The topological polar surface area (TPSA) is 101 Å². The van der Waals surface area contributed by atoms with Gasteiger partial charge in [0.05, 0.1) is 12.2 Å². The molecule has 4 aromatic rings. The van der Waals surface area contributed by atoms with E-state index in [0.29, 0.717) is 24.9 Å². The molecule has 0 unspecified atom stereocenters. The summed E-state index contributed by atoms with van der Waals surface area (Å²) in [6.07, 6.45) is 1.06. The van der Waals surface area contributed by atoms with E-state index in [0.717, 1.165) is 47.2 Å². The Morgan fingerprint density at radius 3 is 2.72 bits per heavy atom. The van der Waals surface area contributed by atoms with Crippen molar-refractivity contribution in [2.75, 3.05) is 19.7 Å². The Labute approximate surface area is 226 Å². The van der Waals surface area contributed by atoms with Gasteiger partial charge in [0.15, 0.2) is 12.3 Å². The Hall–Kier alpha value is -4.24. The number of fused-ring (bicyclic) bond motifs is 5. The Morgan fingerprint density at radius 1 is 1.03 bits per heavy atom. The van der Waals surface area contributed by atoms with E-state index in [-0.39, 0.29) is 29.7 Å². The highest BCUT2D eigenvalue weighted by Crippen LogP contribution is 2.40. The minimum Gasteiger partial charge on any atom is -0.493 e. The van der Waals surface area contributed by atoms with E-state index >= 15 is 0 Å². The van der Waals surface area contributed by atoms with Gasteiger partial charge in [0, 0.05) is 42.7 Å². The van der Waals surface area contributed by atoms with Crippen molar-refractivity contribution < 1.29 is 14.6 Å². The first-order chi connectivity index (χ1) is 18.9. The number of benzene rings is 2. The van der Waals surface area contributed by atoms with Gasteiger partial charge in [0.25, 0.3) is 5.56 Å². The summed E-state index contributed by atoms with van der Waals surface area (Å²) in [5.74, 6) is 0.704. The number of aromatic nitrogens is 2. The Morgan fingerprint density at radius 2 is 1.85 bits per heavy atom. The smallest absolute Gasteiger partial charge is 0.302 e. The number of ether oxygens (including phenoxy) is 1. The number of hydrogen-bond acceptors (Lipinski definition) is 6. The predicted octanol–water partition coefficient (Wildman–Crippen LogP) is 4.89. The summed E-state index contributed by atoms with van der Waals surface area (Å²) in [6.45, 7) is 6.48. The zero-order valence-corrected chi connectivity index (χ0v) is 22.1. The molecule has 2 bridgehead atoms. The molecule has 0 aliphatic carbocycles. The second kappa shape index (κ2) is 10.1. The van der Waals surface area contributed by atoms with Gasteiger partial charge in [0.2, 0.25) is 5.88 Å². The van der Waals surface area contributed by atoms with Crippen LogP contribution in [0.15, 0.2) is 75.7 Å². The minimum atomic E-state index is -0.537. The van der Waals surface area contributed by atoms with Crippen molar-refractivity contribution in [3.63, 3.8) is 0 Å². The second-order valence-electron chi connectivity index (χ2n) is 10.6. The Kier molecular flexibility index (Phi) is 6.52. The first-order valence-corrected chi connectivity index (χ1v) is 13.2.